The Balaban J connectivity index is 1.49. The van der Waals surface area contributed by atoms with E-state index in [1.54, 1.807) is 6.92 Å². The highest BCUT2D eigenvalue weighted by Crippen LogP contribution is 2.22. The topological polar surface area (TPSA) is 67.4 Å². The quantitative estimate of drug-likeness (QED) is 0.585. The average Bonchev–Trinajstić information content (AvgIpc) is 2.79. The van der Waals surface area contributed by atoms with Crippen LogP contribution in [0.5, 0.6) is 5.75 Å². The van der Waals surface area contributed by atoms with Crippen molar-refractivity contribution in [1.29, 1.82) is 0 Å². The minimum atomic E-state index is -0.719. The Morgan fingerprint density at radius 2 is 1.50 bits per heavy atom. The van der Waals surface area contributed by atoms with Gasteiger partial charge in [-0.1, -0.05) is 67.6 Å². The predicted octanol–water partition coefficient (Wildman–Crippen LogP) is 4.44. The zero-order valence-corrected chi connectivity index (χ0v) is 17.2. The molecule has 0 aliphatic carbocycles. The minimum Gasteiger partial charge on any atom is -0.481 e. The molecule has 0 radical (unpaired) electrons. The lowest BCUT2D eigenvalue weighted by molar-refractivity contribution is -0.129. The molecule has 5 heteroatoms. The van der Waals surface area contributed by atoms with Crippen LogP contribution in [0.1, 0.15) is 19.4 Å². The maximum absolute atomic E-state index is 12.3. The molecule has 0 aliphatic heterocycles. The standard InChI is InChI=1S/C25H26N2O3/c1-3-19-9-7-8-12-23(19)27-24(28)17-26-25(29)18(2)30-22-15-13-21(14-16-22)20-10-5-4-6-11-20/h4-16,18H,3,17H2,1-2H3,(H,26,29)(H,27,28). The van der Waals surface area contributed by atoms with Crippen LogP contribution < -0.4 is 15.4 Å². The summed E-state index contributed by atoms with van der Waals surface area (Å²) in [7, 11) is 0. The van der Waals surface area contributed by atoms with E-state index in [4.69, 9.17) is 4.74 Å². The van der Waals surface area contributed by atoms with Crippen LogP contribution in [-0.4, -0.2) is 24.5 Å². The highest BCUT2D eigenvalue weighted by molar-refractivity contribution is 5.95. The number of hydrogen-bond donors (Lipinski definition) is 2. The Kier molecular flexibility index (Phi) is 7.22. The Labute approximate surface area is 177 Å². The third kappa shape index (κ3) is 5.70. The monoisotopic (exact) mass is 402 g/mol. The van der Waals surface area contributed by atoms with Gasteiger partial charge in [-0.25, -0.2) is 0 Å². The lowest BCUT2D eigenvalue weighted by Crippen LogP contribution is -2.40. The van der Waals surface area contributed by atoms with Crippen molar-refractivity contribution in [2.24, 2.45) is 0 Å². The van der Waals surface area contributed by atoms with Crippen LogP contribution in [0.3, 0.4) is 0 Å². The molecule has 0 fully saturated rings. The maximum Gasteiger partial charge on any atom is 0.261 e. The maximum atomic E-state index is 12.3. The fraction of sp³-hybridized carbons (Fsp3) is 0.200. The van der Waals surface area contributed by atoms with Crippen molar-refractivity contribution < 1.29 is 14.3 Å². The second-order valence-electron chi connectivity index (χ2n) is 6.93. The molecule has 0 saturated carbocycles. The molecule has 5 nitrogen and oxygen atoms in total. The molecular formula is C25H26N2O3. The number of aryl methyl sites for hydroxylation is 1. The lowest BCUT2D eigenvalue weighted by atomic mass is 10.1. The fourth-order valence-electron chi connectivity index (χ4n) is 3.07. The van der Waals surface area contributed by atoms with Crippen molar-refractivity contribution in [2.45, 2.75) is 26.4 Å². The molecule has 2 amide bonds. The van der Waals surface area contributed by atoms with Crippen molar-refractivity contribution in [3.63, 3.8) is 0 Å². The molecule has 30 heavy (non-hydrogen) atoms. The number of ether oxygens (including phenoxy) is 1. The van der Waals surface area contributed by atoms with E-state index >= 15 is 0 Å². The first-order chi connectivity index (χ1) is 14.6. The molecule has 0 aromatic heterocycles. The fourth-order valence-corrected chi connectivity index (χ4v) is 3.07. The molecule has 1 atom stereocenters. The zero-order chi connectivity index (χ0) is 21.3. The summed E-state index contributed by atoms with van der Waals surface area (Å²) >= 11 is 0. The average molecular weight is 402 g/mol. The summed E-state index contributed by atoms with van der Waals surface area (Å²) in [6.45, 7) is 3.57. The number of carbonyl (C=O) groups is 2. The van der Waals surface area contributed by atoms with E-state index in [0.717, 1.165) is 28.8 Å². The molecule has 3 aromatic carbocycles. The summed E-state index contributed by atoms with van der Waals surface area (Å²) in [4.78, 5) is 24.5. The van der Waals surface area contributed by atoms with Crippen molar-refractivity contribution in [1.82, 2.24) is 5.32 Å². The summed E-state index contributed by atoms with van der Waals surface area (Å²) < 4.78 is 5.71. The normalized spacial score (nSPS) is 11.4. The summed E-state index contributed by atoms with van der Waals surface area (Å²) in [5.74, 6) is -0.0246. The van der Waals surface area contributed by atoms with Gasteiger partial charge in [-0.3, -0.25) is 9.59 Å². The molecule has 154 valence electrons. The zero-order valence-electron chi connectivity index (χ0n) is 17.2. The Morgan fingerprint density at radius 1 is 0.867 bits per heavy atom. The van der Waals surface area contributed by atoms with Gasteiger partial charge in [0, 0.05) is 5.69 Å². The van der Waals surface area contributed by atoms with Crippen LogP contribution in [0.2, 0.25) is 0 Å². The van der Waals surface area contributed by atoms with Crippen molar-refractivity contribution >= 4 is 17.5 Å². The van der Waals surface area contributed by atoms with Gasteiger partial charge in [-0.05, 0) is 48.2 Å². The van der Waals surface area contributed by atoms with Gasteiger partial charge in [-0.15, -0.1) is 0 Å². The van der Waals surface area contributed by atoms with Gasteiger partial charge in [0.15, 0.2) is 6.10 Å². The van der Waals surface area contributed by atoms with E-state index in [1.807, 2.05) is 85.8 Å². The number of nitrogens with one attached hydrogen (secondary N) is 2. The smallest absolute Gasteiger partial charge is 0.261 e. The highest BCUT2D eigenvalue weighted by atomic mass is 16.5. The van der Waals surface area contributed by atoms with Gasteiger partial charge in [0.25, 0.3) is 5.91 Å². The van der Waals surface area contributed by atoms with Gasteiger partial charge in [0.2, 0.25) is 5.91 Å². The minimum absolute atomic E-state index is 0.114. The highest BCUT2D eigenvalue weighted by Gasteiger charge is 2.16. The molecule has 0 saturated heterocycles. The van der Waals surface area contributed by atoms with Crippen LogP contribution in [0, 0.1) is 0 Å². The van der Waals surface area contributed by atoms with E-state index in [1.165, 1.54) is 0 Å². The molecule has 3 aromatic rings. The predicted molar refractivity (Wildman–Crippen MR) is 119 cm³/mol. The summed E-state index contributed by atoms with van der Waals surface area (Å²) in [6, 6.07) is 25.2. The number of amides is 2. The third-order valence-corrected chi connectivity index (χ3v) is 4.74. The Bertz CT molecular complexity index is 985. The number of carbonyl (C=O) groups excluding carboxylic acids is 2. The Morgan fingerprint density at radius 3 is 2.20 bits per heavy atom. The van der Waals surface area contributed by atoms with E-state index < -0.39 is 6.10 Å². The van der Waals surface area contributed by atoms with E-state index in [-0.39, 0.29) is 18.4 Å². The number of rotatable bonds is 8. The third-order valence-electron chi connectivity index (χ3n) is 4.74. The van der Waals surface area contributed by atoms with Gasteiger partial charge in [0.05, 0.1) is 6.54 Å². The second kappa shape index (κ2) is 10.3. The number of anilines is 1. The van der Waals surface area contributed by atoms with Crippen molar-refractivity contribution in [3.8, 4) is 16.9 Å². The largest absolute Gasteiger partial charge is 0.481 e. The van der Waals surface area contributed by atoms with Gasteiger partial charge in [-0.2, -0.15) is 0 Å². The molecular weight excluding hydrogens is 376 g/mol. The van der Waals surface area contributed by atoms with E-state index in [0.29, 0.717) is 5.75 Å². The van der Waals surface area contributed by atoms with Crippen LogP contribution in [0.25, 0.3) is 11.1 Å². The van der Waals surface area contributed by atoms with E-state index in [2.05, 4.69) is 10.6 Å². The first-order valence-corrected chi connectivity index (χ1v) is 10.0. The first kappa shape index (κ1) is 21.1. The van der Waals surface area contributed by atoms with Crippen LogP contribution in [0.4, 0.5) is 5.69 Å². The second-order valence-corrected chi connectivity index (χ2v) is 6.93. The first-order valence-electron chi connectivity index (χ1n) is 10.0. The molecule has 2 N–H and O–H groups in total. The number of para-hydroxylation sites is 1. The van der Waals surface area contributed by atoms with Crippen LogP contribution in [0.15, 0.2) is 78.9 Å². The van der Waals surface area contributed by atoms with Crippen LogP contribution >= 0.6 is 0 Å². The lowest BCUT2D eigenvalue weighted by Gasteiger charge is -2.15. The Hall–Kier alpha value is -3.60. The number of benzene rings is 3. The molecule has 3 rings (SSSR count). The number of hydrogen-bond acceptors (Lipinski definition) is 3. The van der Waals surface area contributed by atoms with Crippen molar-refractivity contribution in [2.75, 3.05) is 11.9 Å². The molecule has 0 spiro atoms. The van der Waals surface area contributed by atoms with E-state index in [9.17, 15) is 9.59 Å². The SMILES string of the molecule is CCc1ccccc1NC(=O)CNC(=O)C(C)Oc1ccc(-c2ccccc2)cc1. The van der Waals surface area contributed by atoms with Crippen molar-refractivity contribution in [3.05, 3.63) is 84.4 Å². The summed E-state index contributed by atoms with van der Waals surface area (Å²) in [5.41, 5.74) is 4.00. The molecule has 0 bridgehead atoms. The molecule has 0 aliphatic rings. The van der Waals surface area contributed by atoms with Gasteiger partial charge >= 0.3 is 0 Å². The van der Waals surface area contributed by atoms with Crippen LogP contribution in [-0.2, 0) is 16.0 Å². The molecule has 0 heterocycles. The van der Waals surface area contributed by atoms with Gasteiger partial charge in [0.1, 0.15) is 5.75 Å². The van der Waals surface area contributed by atoms with Gasteiger partial charge < -0.3 is 15.4 Å². The summed E-state index contributed by atoms with van der Waals surface area (Å²) in [6.07, 6.45) is 0.0971. The molecule has 1 unspecified atom stereocenters. The summed E-state index contributed by atoms with van der Waals surface area (Å²) in [5, 5.41) is 5.45.